The third kappa shape index (κ3) is 5.33. The predicted octanol–water partition coefficient (Wildman–Crippen LogP) is 0.769. The first-order valence-corrected chi connectivity index (χ1v) is 3.60. The fourth-order valence-corrected chi connectivity index (χ4v) is 0.504. The molecule has 0 aliphatic rings. The van der Waals surface area contributed by atoms with E-state index in [0.29, 0.717) is 6.54 Å². The minimum atomic E-state index is -0.0736. The number of allylic oxidation sites excluding steroid dienone is 1. The molecule has 1 N–H and O–H groups in total. The molecule has 0 atom stereocenters. The summed E-state index contributed by atoms with van der Waals surface area (Å²) in [5, 5.41) is 2.64. The molecular weight excluding hydrogens is 140 g/mol. The largest absolute Gasteiger partial charge is 0.353 e. The Bertz CT molecular complexity index is 183. The Morgan fingerprint density at radius 2 is 2.18 bits per heavy atom. The summed E-state index contributed by atoms with van der Waals surface area (Å²) in [5.41, 5.74) is 0.844. The highest BCUT2D eigenvalue weighted by atomic mass is 16.1. The lowest BCUT2D eigenvalue weighted by atomic mass is 10.3. The van der Waals surface area contributed by atoms with E-state index >= 15 is 0 Å². The van der Waals surface area contributed by atoms with Crippen LogP contribution in [0.2, 0.25) is 0 Å². The molecular formula is C8H14N2O. The maximum Gasteiger partial charge on any atom is 0.244 e. The molecule has 1 amide bonds. The van der Waals surface area contributed by atoms with Gasteiger partial charge in [0.25, 0.3) is 0 Å². The first-order valence-electron chi connectivity index (χ1n) is 3.60. The molecule has 0 radical (unpaired) electrons. The highest BCUT2D eigenvalue weighted by Gasteiger charge is 1.89. The SMILES string of the molecule is CCNC(=O)/C=C/C(C)=NC. The second-order valence-electron chi connectivity index (χ2n) is 2.09. The Labute approximate surface area is 67.2 Å². The van der Waals surface area contributed by atoms with Gasteiger partial charge >= 0.3 is 0 Å². The average Bonchev–Trinajstić information content (AvgIpc) is 2.01. The molecule has 3 nitrogen and oxygen atoms in total. The molecule has 0 saturated carbocycles. The van der Waals surface area contributed by atoms with Crippen molar-refractivity contribution in [3.63, 3.8) is 0 Å². The quantitative estimate of drug-likeness (QED) is 0.473. The second kappa shape index (κ2) is 5.65. The van der Waals surface area contributed by atoms with Crippen molar-refractivity contribution in [2.45, 2.75) is 13.8 Å². The van der Waals surface area contributed by atoms with E-state index in [1.54, 1.807) is 13.1 Å². The third-order valence-electron chi connectivity index (χ3n) is 1.18. The van der Waals surface area contributed by atoms with Gasteiger partial charge in [0.2, 0.25) is 5.91 Å². The number of nitrogens with one attached hydrogen (secondary N) is 1. The number of amides is 1. The number of hydrogen-bond donors (Lipinski definition) is 1. The van der Waals surface area contributed by atoms with Gasteiger partial charge in [0.1, 0.15) is 0 Å². The topological polar surface area (TPSA) is 41.5 Å². The number of likely N-dealkylation sites (N-methyl/N-ethyl adjacent to an activating group) is 1. The predicted molar refractivity (Wildman–Crippen MR) is 46.9 cm³/mol. The summed E-state index contributed by atoms with van der Waals surface area (Å²) in [6, 6.07) is 0. The molecule has 0 spiro atoms. The van der Waals surface area contributed by atoms with Gasteiger partial charge in [-0.25, -0.2) is 0 Å². The lowest BCUT2D eigenvalue weighted by Crippen LogP contribution is -2.20. The number of rotatable bonds is 3. The van der Waals surface area contributed by atoms with Gasteiger partial charge in [0.15, 0.2) is 0 Å². The molecule has 3 heteroatoms. The lowest BCUT2D eigenvalue weighted by molar-refractivity contribution is -0.116. The summed E-state index contributed by atoms with van der Waals surface area (Å²) in [7, 11) is 1.69. The van der Waals surface area contributed by atoms with Crippen molar-refractivity contribution < 1.29 is 4.79 Å². The molecule has 0 heterocycles. The van der Waals surface area contributed by atoms with Gasteiger partial charge in [0, 0.05) is 25.4 Å². The molecule has 0 fully saturated rings. The molecule has 0 aromatic heterocycles. The van der Waals surface area contributed by atoms with E-state index in [2.05, 4.69) is 10.3 Å². The second-order valence-corrected chi connectivity index (χ2v) is 2.09. The Kier molecular flexibility index (Phi) is 5.07. The van der Waals surface area contributed by atoms with Crippen LogP contribution in [-0.4, -0.2) is 25.2 Å². The van der Waals surface area contributed by atoms with Crippen molar-refractivity contribution >= 4 is 11.6 Å². The van der Waals surface area contributed by atoms with E-state index in [9.17, 15) is 4.79 Å². The van der Waals surface area contributed by atoms with Crippen molar-refractivity contribution in [3.8, 4) is 0 Å². The maximum absolute atomic E-state index is 10.8. The number of carbonyl (C=O) groups is 1. The summed E-state index contributed by atoms with van der Waals surface area (Å²) in [5.74, 6) is -0.0736. The summed E-state index contributed by atoms with van der Waals surface area (Å²) >= 11 is 0. The fraction of sp³-hybridized carbons (Fsp3) is 0.500. The van der Waals surface area contributed by atoms with Crippen molar-refractivity contribution in [1.29, 1.82) is 0 Å². The molecule has 0 unspecified atom stereocenters. The van der Waals surface area contributed by atoms with Gasteiger partial charge in [-0.2, -0.15) is 0 Å². The van der Waals surface area contributed by atoms with Crippen LogP contribution in [0.25, 0.3) is 0 Å². The Morgan fingerprint density at radius 3 is 2.64 bits per heavy atom. The van der Waals surface area contributed by atoms with Crippen LogP contribution >= 0.6 is 0 Å². The normalized spacial score (nSPS) is 12.1. The standard InChI is InChI=1S/C8H14N2O/c1-4-10-8(11)6-5-7(2)9-3/h5-6H,4H2,1-3H3,(H,10,11)/b6-5+,9-7?. The maximum atomic E-state index is 10.8. The number of carbonyl (C=O) groups excluding carboxylic acids is 1. The molecule has 0 saturated heterocycles. The minimum Gasteiger partial charge on any atom is -0.353 e. The van der Waals surface area contributed by atoms with E-state index in [0.717, 1.165) is 5.71 Å². The van der Waals surface area contributed by atoms with Crippen molar-refractivity contribution in [1.82, 2.24) is 5.32 Å². The molecule has 11 heavy (non-hydrogen) atoms. The average molecular weight is 154 g/mol. The van der Waals surface area contributed by atoms with E-state index in [4.69, 9.17) is 0 Å². The van der Waals surface area contributed by atoms with Crippen molar-refractivity contribution in [2.75, 3.05) is 13.6 Å². The monoisotopic (exact) mass is 154 g/mol. The summed E-state index contributed by atoms with van der Waals surface area (Å²) in [4.78, 5) is 14.7. The molecule has 0 rings (SSSR count). The Hall–Kier alpha value is -1.12. The molecule has 0 aromatic carbocycles. The van der Waals surface area contributed by atoms with Crippen LogP contribution in [0.15, 0.2) is 17.1 Å². The number of aliphatic imine (C=N–C) groups is 1. The van der Waals surface area contributed by atoms with Crippen LogP contribution in [0, 0.1) is 0 Å². The highest BCUT2D eigenvalue weighted by molar-refractivity contribution is 5.99. The van der Waals surface area contributed by atoms with Gasteiger partial charge in [-0.05, 0) is 19.9 Å². The van der Waals surface area contributed by atoms with Crippen LogP contribution in [-0.2, 0) is 4.79 Å². The molecule has 62 valence electrons. The summed E-state index contributed by atoms with van der Waals surface area (Å²) in [6.07, 6.45) is 3.16. The zero-order chi connectivity index (χ0) is 8.69. The van der Waals surface area contributed by atoms with Crippen LogP contribution in [0.1, 0.15) is 13.8 Å². The zero-order valence-electron chi connectivity index (χ0n) is 7.22. The van der Waals surface area contributed by atoms with Gasteiger partial charge in [0.05, 0.1) is 0 Å². The van der Waals surface area contributed by atoms with Crippen molar-refractivity contribution in [3.05, 3.63) is 12.2 Å². The Balaban J connectivity index is 3.83. The zero-order valence-corrected chi connectivity index (χ0v) is 7.22. The van der Waals surface area contributed by atoms with E-state index < -0.39 is 0 Å². The van der Waals surface area contributed by atoms with Gasteiger partial charge < -0.3 is 5.32 Å². The van der Waals surface area contributed by atoms with E-state index in [1.165, 1.54) is 6.08 Å². The summed E-state index contributed by atoms with van der Waals surface area (Å²) in [6.45, 7) is 4.38. The molecule has 0 aliphatic carbocycles. The summed E-state index contributed by atoms with van der Waals surface area (Å²) < 4.78 is 0. The van der Waals surface area contributed by atoms with Gasteiger partial charge in [-0.3, -0.25) is 9.79 Å². The first-order chi connectivity index (χ1) is 5.20. The van der Waals surface area contributed by atoms with Crippen molar-refractivity contribution in [2.24, 2.45) is 4.99 Å². The van der Waals surface area contributed by atoms with Gasteiger partial charge in [-0.15, -0.1) is 0 Å². The molecule has 0 aliphatic heterocycles. The van der Waals surface area contributed by atoms with Crippen LogP contribution in [0.4, 0.5) is 0 Å². The van der Waals surface area contributed by atoms with E-state index in [1.807, 2.05) is 13.8 Å². The minimum absolute atomic E-state index is 0.0736. The smallest absolute Gasteiger partial charge is 0.244 e. The number of nitrogens with zero attached hydrogens (tertiary/aromatic N) is 1. The van der Waals surface area contributed by atoms with Gasteiger partial charge in [-0.1, -0.05) is 0 Å². The molecule has 0 bridgehead atoms. The van der Waals surface area contributed by atoms with Crippen LogP contribution in [0.5, 0.6) is 0 Å². The fourth-order valence-electron chi connectivity index (χ4n) is 0.504. The van der Waals surface area contributed by atoms with Crippen LogP contribution in [0.3, 0.4) is 0 Å². The lowest BCUT2D eigenvalue weighted by Gasteiger charge is -1.93. The van der Waals surface area contributed by atoms with E-state index in [-0.39, 0.29) is 5.91 Å². The molecule has 0 aromatic rings. The first kappa shape index (κ1) is 9.88. The van der Waals surface area contributed by atoms with Crippen LogP contribution < -0.4 is 5.32 Å². The third-order valence-corrected chi connectivity index (χ3v) is 1.18. The number of hydrogen-bond acceptors (Lipinski definition) is 2. The Morgan fingerprint density at radius 1 is 1.55 bits per heavy atom. The highest BCUT2D eigenvalue weighted by Crippen LogP contribution is 1.79.